The molecule has 1 aromatic heterocycles. The number of carbonyl (C=O) groups is 1. The van der Waals surface area contributed by atoms with Crippen molar-refractivity contribution < 1.29 is 14.3 Å². The molecule has 0 saturated carbocycles. The molecule has 2 aromatic carbocycles. The highest BCUT2D eigenvalue weighted by molar-refractivity contribution is 6.06. The monoisotopic (exact) mass is 312 g/mol. The molecule has 3 aromatic rings. The van der Waals surface area contributed by atoms with Gasteiger partial charge < -0.3 is 15.4 Å². The van der Waals surface area contributed by atoms with E-state index in [4.69, 9.17) is 0 Å². The summed E-state index contributed by atoms with van der Waals surface area (Å²) in [6.07, 6.45) is 1.23. The Morgan fingerprint density at radius 1 is 1.17 bits per heavy atom. The number of rotatable bonds is 5. The molecule has 0 bridgehead atoms. The van der Waals surface area contributed by atoms with Gasteiger partial charge in [-0.05, 0) is 17.7 Å². The molecule has 3 rings (SSSR count). The Labute approximate surface area is 133 Å². The molecule has 4 nitrogen and oxygen atoms in total. The lowest BCUT2D eigenvalue weighted by atomic mass is 10.1. The molecule has 3 N–H and O–H groups in total. The summed E-state index contributed by atoms with van der Waals surface area (Å²) in [7, 11) is 0. The predicted molar refractivity (Wildman–Crippen MR) is 86.7 cm³/mol. The first-order chi connectivity index (χ1) is 11.1. The van der Waals surface area contributed by atoms with Crippen molar-refractivity contribution in [3.63, 3.8) is 0 Å². The fraction of sp³-hybridized carbons (Fsp3) is 0.167. The van der Waals surface area contributed by atoms with E-state index in [0.29, 0.717) is 11.9 Å². The van der Waals surface area contributed by atoms with E-state index in [1.165, 1.54) is 12.3 Å². The van der Waals surface area contributed by atoms with Gasteiger partial charge in [0.25, 0.3) is 5.91 Å². The second-order valence-electron chi connectivity index (χ2n) is 5.42. The van der Waals surface area contributed by atoms with E-state index in [0.717, 1.165) is 5.56 Å². The van der Waals surface area contributed by atoms with E-state index in [1.807, 2.05) is 30.3 Å². The fourth-order valence-corrected chi connectivity index (χ4v) is 2.58. The summed E-state index contributed by atoms with van der Waals surface area (Å²) >= 11 is 0. The first-order valence-corrected chi connectivity index (χ1v) is 7.41. The van der Waals surface area contributed by atoms with Crippen molar-refractivity contribution in [3.05, 3.63) is 71.7 Å². The largest absolute Gasteiger partial charge is 0.391 e. The third kappa shape index (κ3) is 3.40. The van der Waals surface area contributed by atoms with Crippen LogP contribution in [-0.2, 0) is 6.42 Å². The smallest absolute Gasteiger partial charge is 0.253 e. The van der Waals surface area contributed by atoms with E-state index < -0.39 is 17.8 Å². The summed E-state index contributed by atoms with van der Waals surface area (Å²) in [5, 5.41) is 12.9. The quantitative estimate of drug-likeness (QED) is 0.678. The molecule has 1 heterocycles. The molecule has 0 fully saturated rings. The van der Waals surface area contributed by atoms with Crippen LogP contribution in [0, 0.1) is 5.82 Å². The van der Waals surface area contributed by atoms with Crippen molar-refractivity contribution in [1.82, 2.24) is 10.3 Å². The number of aliphatic hydroxyl groups excluding tert-OH is 1. The van der Waals surface area contributed by atoms with Gasteiger partial charge in [-0.15, -0.1) is 0 Å². The zero-order valence-electron chi connectivity index (χ0n) is 12.4. The average Bonchev–Trinajstić information content (AvgIpc) is 2.99. The number of hydrogen-bond donors (Lipinski definition) is 3. The Balaban J connectivity index is 1.65. The summed E-state index contributed by atoms with van der Waals surface area (Å²) < 4.78 is 13.9. The van der Waals surface area contributed by atoms with Gasteiger partial charge in [-0.3, -0.25) is 4.79 Å². The maximum absolute atomic E-state index is 13.9. The lowest BCUT2D eigenvalue weighted by molar-refractivity contribution is 0.0917. The van der Waals surface area contributed by atoms with Crippen molar-refractivity contribution in [1.29, 1.82) is 0 Å². The maximum Gasteiger partial charge on any atom is 0.253 e. The van der Waals surface area contributed by atoms with Gasteiger partial charge in [-0.1, -0.05) is 36.4 Å². The van der Waals surface area contributed by atoms with Crippen LogP contribution in [0.5, 0.6) is 0 Å². The summed E-state index contributed by atoms with van der Waals surface area (Å²) in [6, 6.07) is 14.1. The average molecular weight is 312 g/mol. The van der Waals surface area contributed by atoms with Crippen molar-refractivity contribution in [2.45, 2.75) is 12.5 Å². The van der Waals surface area contributed by atoms with Crippen LogP contribution < -0.4 is 5.32 Å². The van der Waals surface area contributed by atoms with Crippen LogP contribution in [0.4, 0.5) is 4.39 Å². The van der Waals surface area contributed by atoms with E-state index in [1.54, 1.807) is 12.1 Å². The fourth-order valence-electron chi connectivity index (χ4n) is 2.58. The molecule has 0 saturated heterocycles. The van der Waals surface area contributed by atoms with Crippen LogP contribution in [0.15, 0.2) is 54.7 Å². The normalized spacial score (nSPS) is 12.3. The number of hydrogen-bond acceptors (Lipinski definition) is 2. The highest BCUT2D eigenvalue weighted by atomic mass is 19.1. The molecule has 0 spiro atoms. The molecule has 1 unspecified atom stereocenters. The second kappa shape index (κ2) is 6.62. The van der Waals surface area contributed by atoms with Gasteiger partial charge >= 0.3 is 0 Å². The zero-order valence-corrected chi connectivity index (χ0v) is 12.4. The number of aromatic amines is 1. The van der Waals surface area contributed by atoms with Gasteiger partial charge in [0.15, 0.2) is 0 Å². The highest BCUT2D eigenvalue weighted by Crippen LogP contribution is 2.21. The number of aromatic nitrogens is 1. The molecular formula is C18H17FN2O2. The first-order valence-electron chi connectivity index (χ1n) is 7.41. The Hall–Kier alpha value is -2.66. The Bertz CT molecular complexity index is 814. The van der Waals surface area contributed by atoms with Gasteiger partial charge in [0.2, 0.25) is 0 Å². The molecule has 1 atom stereocenters. The van der Waals surface area contributed by atoms with Gasteiger partial charge in [-0.25, -0.2) is 4.39 Å². The van der Waals surface area contributed by atoms with Crippen LogP contribution in [0.1, 0.15) is 15.9 Å². The maximum atomic E-state index is 13.9. The van der Waals surface area contributed by atoms with E-state index in [9.17, 15) is 14.3 Å². The summed E-state index contributed by atoms with van der Waals surface area (Å²) in [6.45, 7) is 0.106. The number of carbonyl (C=O) groups excluding carboxylic acids is 1. The van der Waals surface area contributed by atoms with Gasteiger partial charge in [0, 0.05) is 30.1 Å². The lowest BCUT2D eigenvalue weighted by Crippen LogP contribution is -2.33. The molecule has 23 heavy (non-hydrogen) atoms. The number of fused-ring (bicyclic) bond motifs is 1. The molecule has 0 radical (unpaired) electrons. The Kier molecular flexibility index (Phi) is 4.39. The summed E-state index contributed by atoms with van der Waals surface area (Å²) in [5.74, 6) is -0.854. The van der Waals surface area contributed by atoms with E-state index >= 15 is 0 Å². The van der Waals surface area contributed by atoms with Crippen molar-refractivity contribution in [2.75, 3.05) is 6.54 Å². The lowest BCUT2D eigenvalue weighted by Gasteiger charge is -2.11. The Morgan fingerprint density at radius 2 is 1.96 bits per heavy atom. The number of halogens is 1. The van der Waals surface area contributed by atoms with Crippen molar-refractivity contribution in [3.8, 4) is 0 Å². The van der Waals surface area contributed by atoms with Crippen LogP contribution in [0.3, 0.4) is 0 Å². The molecular weight excluding hydrogens is 295 g/mol. The summed E-state index contributed by atoms with van der Waals surface area (Å²) in [5.41, 5.74) is 1.80. The van der Waals surface area contributed by atoms with Crippen LogP contribution in [0.2, 0.25) is 0 Å². The first kappa shape index (κ1) is 15.2. The number of benzene rings is 2. The number of amides is 1. The van der Waals surface area contributed by atoms with Gasteiger partial charge in [0.1, 0.15) is 5.82 Å². The van der Waals surface area contributed by atoms with Gasteiger partial charge in [0.05, 0.1) is 11.7 Å². The molecule has 0 aliphatic carbocycles. The number of nitrogens with one attached hydrogen (secondary N) is 2. The van der Waals surface area contributed by atoms with Crippen LogP contribution in [0.25, 0.3) is 10.9 Å². The van der Waals surface area contributed by atoms with Crippen molar-refractivity contribution >= 4 is 16.8 Å². The SMILES string of the molecule is O=C(NCC(O)Cc1ccccc1)c1c[nH]c2cccc(F)c12. The topological polar surface area (TPSA) is 65.1 Å². The van der Waals surface area contributed by atoms with Gasteiger partial charge in [-0.2, -0.15) is 0 Å². The van der Waals surface area contributed by atoms with Crippen molar-refractivity contribution in [2.24, 2.45) is 0 Å². The predicted octanol–water partition coefficient (Wildman–Crippen LogP) is 2.64. The van der Waals surface area contributed by atoms with E-state index in [-0.39, 0.29) is 17.5 Å². The third-order valence-corrected chi connectivity index (χ3v) is 3.71. The molecule has 118 valence electrons. The molecule has 5 heteroatoms. The second-order valence-corrected chi connectivity index (χ2v) is 5.42. The van der Waals surface area contributed by atoms with E-state index in [2.05, 4.69) is 10.3 Å². The standard InChI is InChI=1S/C18H17FN2O2/c19-15-7-4-8-16-17(15)14(11-20-16)18(23)21-10-13(22)9-12-5-2-1-3-6-12/h1-8,11,13,20,22H,9-10H2,(H,21,23). The molecule has 0 aliphatic rings. The minimum Gasteiger partial charge on any atom is -0.391 e. The minimum atomic E-state index is -0.698. The third-order valence-electron chi connectivity index (χ3n) is 3.71. The number of aliphatic hydroxyl groups is 1. The van der Waals surface area contributed by atoms with Crippen LogP contribution in [-0.4, -0.2) is 28.6 Å². The Morgan fingerprint density at radius 3 is 2.74 bits per heavy atom. The zero-order chi connectivity index (χ0) is 16.2. The van der Waals surface area contributed by atoms with Crippen LogP contribution >= 0.6 is 0 Å². The molecule has 1 amide bonds. The highest BCUT2D eigenvalue weighted by Gasteiger charge is 2.16. The number of H-pyrrole nitrogens is 1. The minimum absolute atomic E-state index is 0.106. The summed E-state index contributed by atoms with van der Waals surface area (Å²) in [4.78, 5) is 15.1. The molecule has 0 aliphatic heterocycles.